The lowest BCUT2D eigenvalue weighted by Gasteiger charge is -2.42. The zero-order valence-electron chi connectivity index (χ0n) is 37.0. The Hall–Kier alpha value is -6.75. The molecule has 4 heteroatoms. The smallest absolute Gasteiger partial charge is 0.183 e. The molecule has 65 heavy (non-hydrogen) atoms. The molecule has 6 aromatic rings. The lowest BCUT2D eigenvalue weighted by molar-refractivity contribution is 0.147. The molecule has 4 aromatic carbocycles. The van der Waals surface area contributed by atoms with E-state index in [1.165, 1.54) is 102 Å². The van der Waals surface area contributed by atoms with Crippen molar-refractivity contribution >= 4 is 44.5 Å². The van der Waals surface area contributed by atoms with Crippen molar-refractivity contribution < 1.29 is 0 Å². The number of likely N-dealkylation sites (N-methyl/N-ethyl adjacent to an activating group) is 1. The fourth-order valence-corrected chi connectivity index (χ4v) is 13.3. The van der Waals surface area contributed by atoms with Crippen LogP contribution in [-0.2, 0) is 6.42 Å². The van der Waals surface area contributed by atoms with Crippen LogP contribution in [0.2, 0.25) is 0 Å². The number of para-hydroxylation sites is 2. The number of fused-ring (bicyclic) bond motifs is 9. The van der Waals surface area contributed by atoms with Gasteiger partial charge in [0.1, 0.15) is 0 Å². The third kappa shape index (κ3) is 5.63. The average Bonchev–Trinajstić information content (AvgIpc) is 4.00. The van der Waals surface area contributed by atoms with Crippen LogP contribution in [0.25, 0.3) is 55.6 Å². The van der Waals surface area contributed by atoms with Crippen molar-refractivity contribution in [1.29, 1.82) is 0 Å². The molecule has 7 aliphatic carbocycles. The van der Waals surface area contributed by atoms with Gasteiger partial charge >= 0.3 is 0 Å². The van der Waals surface area contributed by atoms with Gasteiger partial charge in [0.2, 0.25) is 0 Å². The Bertz CT molecular complexity index is 3410. The summed E-state index contributed by atoms with van der Waals surface area (Å²) in [5.74, 6) is 1.63. The highest BCUT2D eigenvalue weighted by Gasteiger charge is 2.46. The zero-order valence-corrected chi connectivity index (χ0v) is 37.0. The number of allylic oxidation sites excluding steroid dienone is 17. The maximum absolute atomic E-state index is 5.89. The topological polar surface area (TPSA) is 25.5 Å². The number of aliphatic imine (C=N–C) groups is 1. The van der Waals surface area contributed by atoms with Gasteiger partial charge < -0.3 is 9.13 Å². The predicted octanol–water partition coefficient (Wildman–Crippen LogP) is 14.4. The third-order valence-corrected chi connectivity index (χ3v) is 16.2. The summed E-state index contributed by atoms with van der Waals surface area (Å²) in [5.41, 5.74) is 21.9. The molecule has 316 valence electrons. The maximum atomic E-state index is 5.89. The van der Waals surface area contributed by atoms with E-state index in [-0.39, 0.29) is 12.3 Å². The summed E-state index contributed by atoms with van der Waals surface area (Å²) in [6, 6.07) is 34.4. The molecule has 14 rings (SSSR count). The van der Waals surface area contributed by atoms with Crippen LogP contribution >= 0.6 is 0 Å². The Kier molecular flexibility index (Phi) is 8.47. The van der Waals surface area contributed by atoms with E-state index < -0.39 is 0 Å². The molecule has 0 spiro atoms. The largest absolute Gasteiger partial charge is 0.313 e. The molecule has 2 aromatic heterocycles. The van der Waals surface area contributed by atoms with Gasteiger partial charge in [-0.3, -0.25) is 4.90 Å². The minimum Gasteiger partial charge on any atom is -0.313 e. The lowest BCUT2D eigenvalue weighted by atomic mass is 9.66. The molecule has 0 bridgehead atoms. The van der Waals surface area contributed by atoms with Crippen molar-refractivity contribution in [3.05, 3.63) is 214 Å². The maximum Gasteiger partial charge on any atom is 0.183 e. The van der Waals surface area contributed by atoms with E-state index >= 15 is 0 Å². The Balaban J connectivity index is 0.867. The van der Waals surface area contributed by atoms with Gasteiger partial charge in [0.25, 0.3) is 0 Å². The second-order valence-corrected chi connectivity index (χ2v) is 19.4. The van der Waals surface area contributed by atoms with Crippen LogP contribution < -0.4 is 0 Å². The fraction of sp³-hybridized carbons (Fsp3) is 0.230. The normalized spacial score (nSPS) is 25.5. The summed E-state index contributed by atoms with van der Waals surface area (Å²) >= 11 is 0. The quantitative estimate of drug-likeness (QED) is 0.170. The summed E-state index contributed by atoms with van der Waals surface area (Å²) in [4.78, 5) is 8.41. The minimum atomic E-state index is -0.195. The van der Waals surface area contributed by atoms with Crippen LogP contribution in [0, 0.1) is 17.8 Å². The van der Waals surface area contributed by atoms with Crippen LogP contribution in [-0.4, -0.2) is 32.8 Å². The first-order chi connectivity index (χ1) is 32.2. The van der Waals surface area contributed by atoms with Crippen molar-refractivity contribution in [1.82, 2.24) is 14.0 Å². The van der Waals surface area contributed by atoms with Crippen LogP contribution in [0.4, 0.5) is 0 Å². The number of aromatic nitrogens is 2. The van der Waals surface area contributed by atoms with E-state index in [1.807, 2.05) is 0 Å². The molecule has 0 saturated heterocycles. The van der Waals surface area contributed by atoms with E-state index in [2.05, 4.69) is 191 Å². The summed E-state index contributed by atoms with van der Waals surface area (Å²) in [6.45, 7) is 0. The van der Waals surface area contributed by atoms with Gasteiger partial charge in [-0.05, 0) is 151 Å². The van der Waals surface area contributed by atoms with E-state index in [9.17, 15) is 0 Å². The molecule has 0 saturated carbocycles. The Morgan fingerprint density at radius 3 is 2.43 bits per heavy atom. The van der Waals surface area contributed by atoms with Crippen molar-refractivity contribution in [3.8, 4) is 16.8 Å². The minimum absolute atomic E-state index is 0.195. The van der Waals surface area contributed by atoms with Crippen molar-refractivity contribution in [2.45, 2.75) is 63.7 Å². The van der Waals surface area contributed by atoms with Crippen molar-refractivity contribution in [2.75, 3.05) is 7.05 Å². The third-order valence-electron chi connectivity index (χ3n) is 16.2. The van der Waals surface area contributed by atoms with Gasteiger partial charge in [0.05, 0.1) is 22.3 Å². The predicted molar refractivity (Wildman–Crippen MR) is 270 cm³/mol. The lowest BCUT2D eigenvalue weighted by Crippen LogP contribution is -2.45. The van der Waals surface area contributed by atoms with Gasteiger partial charge in [-0.1, -0.05) is 133 Å². The molecule has 3 heterocycles. The number of hydrogen-bond acceptors (Lipinski definition) is 2. The number of nitrogens with zero attached hydrogens (tertiary/aromatic N) is 4. The van der Waals surface area contributed by atoms with Gasteiger partial charge in [0.15, 0.2) is 6.29 Å². The van der Waals surface area contributed by atoms with Gasteiger partial charge in [-0.15, -0.1) is 0 Å². The highest BCUT2D eigenvalue weighted by molar-refractivity contribution is 6.15. The van der Waals surface area contributed by atoms with Gasteiger partial charge in [-0.2, -0.15) is 0 Å². The number of rotatable bonds is 5. The monoisotopic (exact) mass is 840 g/mol. The Morgan fingerprint density at radius 1 is 0.646 bits per heavy atom. The first-order valence-corrected chi connectivity index (χ1v) is 24.2. The van der Waals surface area contributed by atoms with E-state index in [0.29, 0.717) is 17.8 Å². The van der Waals surface area contributed by atoms with Gasteiger partial charge in [0, 0.05) is 51.0 Å². The molecule has 0 radical (unpaired) electrons. The Labute approximate surface area is 381 Å². The molecule has 0 fully saturated rings. The van der Waals surface area contributed by atoms with E-state index in [0.717, 1.165) is 38.5 Å². The second-order valence-electron chi connectivity index (χ2n) is 19.4. The number of benzene rings is 4. The highest BCUT2D eigenvalue weighted by atomic mass is 15.4. The molecule has 8 aliphatic rings. The Morgan fingerprint density at radius 2 is 1.48 bits per heavy atom. The summed E-state index contributed by atoms with van der Waals surface area (Å²) < 4.78 is 5.03. The summed E-state index contributed by atoms with van der Waals surface area (Å²) in [6.07, 6.45) is 39.9. The van der Waals surface area contributed by atoms with Crippen molar-refractivity contribution in [3.63, 3.8) is 0 Å². The summed E-state index contributed by atoms with van der Waals surface area (Å²) in [5, 5.41) is 3.86. The van der Waals surface area contributed by atoms with Crippen LogP contribution in [0.5, 0.6) is 0 Å². The molecule has 4 nitrogen and oxygen atoms in total. The first-order valence-electron chi connectivity index (χ1n) is 24.2. The molecule has 5 atom stereocenters. The summed E-state index contributed by atoms with van der Waals surface area (Å²) in [7, 11) is 2.29. The first kappa shape index (κ1) is 37.6. The van der Waals surface area contributed by atoms with Gasteiger partial charge in [-0.25, -0.2) is 4.99 Å². The molecule has 0 amide bonds. The zero-order chi connectivity index (χ0) is 42.8. The molecule has 0 N–H and O–H groups in total. The standard InChI is InChI=1S/C61H52N4/c1-63-54-26-10-9-23-52(54)60(41-16-13-15-40(35-41)43-32-33-51-45-20-6-5-19-44(45)50-25-14-24-49(43)59(50)51)62-61(63)65-56-28-12-8-22-47(56)53-36-38(30-34-57(53)65)39-29-31-48-46-21-7-11-27-55(46)64(58(48)37-39)42-17-3-2-4-18-42/h2-5,7-10,12,14-15,17-19,21-25,28-32,34-37,49,51,54,59,61H,6,11,13,16,20,26-27,33H2,1H3. The van der Waals surface area contributed by atoms with Crippen LogP contribution in [0.15, 0.2) is 208 Å². The molecular weight excluding hydrogens is 789 g/mol. The van der Waals surface area contributed by atoms with E-state index in [1.54, 1.807) is 16.7 Å². The second kappa shape index (κ2) is 14.6. The molecular formula is C61H52N4. The number of hydrogen-bond donors (Lipinski definition) is 0. The van der Waals surface area contributed by atoms with Crippen LogP contribution in [0.1, 0.15) is 62.5 Å². The van der Waals surface area contributed by atoms with E-state index in [4.69, 9.17) is 4.99 Å². The SMILES string of the molecule is CN1C2CC=CC=C2C(C2=CC(C3=CCC4C5=C(C=CCC5)C5=CC=CC3C54)=CCC2)=NC1n1c2ccccc2c2cc(-c3ccc4c5c(n(-c6ccccc6)c4c3)CCC=C5)ccc21. The average molecular weight is 841 g/mol. The fourth-order valence-electron chi connectivity index (χ4n) is 13.3. The molecule has 1 aliphatic heterocycles. The van der Waals surface area contributed by atoms with Crippen molar-refractivity contribution in [2.24, 2.45) is 22.7 Å². The van der Waals surface area contributed by atoms with Crippen LogP contribution in [0.3, 0.4) is 0 Å². The highest BCUT2D eigenvalue weighted by Crippen LogP contribution is 2.57. The molecule has 5 unspecified atom stereocenters.